The molecule has 1 heterocycles. The Morgan fingerprint density at radius 2 is 2.44 bits per heavy atom. The first-order valence-electron chi connectivity index (χ1n) is 4.71. The quantitative estimate of drug-likeness (QED) is 0.645. The molecule has 1 rings (SSSR count). The average molecular weight is 261 g/mol. The summed E-state index contributed by atoms with van der Waals surface area (Å²) in [5.41, 5.74) is 5.59. The Balaban J connectivity index is 2.30. The van der Waals surface area contributed by atoms with Gasteiger partial charge in [0.25, 0.3) is 0 Å². The average Bonchev–Trinajstić information content (AvgIpc) is 2.30. The van der Waals surface area contributed by atoms with Crippen LogP contribution in [0.3, 0.4) is 0 Å². The molecule has 6 heteroatoms. The fourth-order valence-corrected chi connectivity index (χ4v) is 1.99. The van der Waals surface area contributed by atoms with Crippen molar-refractivity contribution in [3.05, 3.63) is 23.4 Å². The molecule has 0 aliphatic heterocycles. The molecule has 0 aromatic carbocycles. The normalized spacial score (nSPS) is 12.2. The molecule has 0 bridgehead atoms. The fraction of sp³-hybridized carbons (Fsp3) is 0.400. The first-order chi connectivity index (χ1) is 7.63. The highest BCUT2D eigenvalue weighted by atomic mass is 35.5. The van der Waals surface area contributed by atoms with Crippen molar-refractivity contribution in [1.82, 2.24) is 4.98 Å². The van der Waals surface area contributed by atoms with E-state index in [1.54, 1.807) is 12.3 Å². The maximum atomic E-state index is 11.0. The number of esters is 1. The standard InChI is InChI=1S/C10H13ClN2O2S/c1-15-10(14)8(12)4-5-16-9-3-2-7(11)6-13-9/h2-3,6,8H,4-5,12H2,1H3. The number of carbonyl (C=O) groups excluding carboxylic acids is 1. The van der Waals surface area contributed by atoms with E-state index in [2.05, 4.69) is 9.72 Å². The molecule has 0 saturated carbocycles. The molecule has 0 fully saturated rings. The lowest BCUT2D eigenvalue weighted by atomic mass is 10.2. The molecule has 1 unspecified atom stereocenters. The van der Waals surface area contributed by atoms with Crippen molar-refractivity contribution in [2.75, 3.05) is 12.9 Å². The Morgan fingerprint density at radius 3 is 3.00 bits per heavy atom. The molecular formula is C10H13ClN2O2S. The van der Waals surface area contributed by atoms with Gasteiger partial charge in [-0.3, -0.25) is 4.79 Å². The molecule has 0 amide bonds. The number of pyridine rings is 1. The Morgan fingerprint density at radius 1 is 1.69 bits per heavy atom. The predicted octanol–water partition coefficient (Wildman–Crippen LogP) is 1.72. The summed E-state index contributed by atoms with van der Waals surface area (Å²) in [7, 11) is 1.33. The van der Waals surface area contributed by atoms with E-state index in [4.69, 9.17) is 17.3 Å². The van der Waals surface area contributed by atoms with E-state index in [0.29, 0.717) is 17.2 Å². The number of carbonyl (C=O) groups is 1. The van der Waals surface area contributed by atoms with E-state index in [1.165, 1.54) is 18.9 Å². The Labute approximate surface area is 104 Å². The molecule has 88 valence electrons. The van der Waals surface area contributed by atoms with E-state index in [0.717, 1.165) is 5.03 Å². The van der Waals surface area contributed by atoms with Crippen LogP contribution in [0.4, 0.5) is 0 Å². The molecular weight excluding hydrogens is 248 g/mol. The third-order valence-corrected chi connectivity index (χ3v) is 3.08. The monoisotopic (exact) mass is 260 g/mol. The van der Waals surface area contributed by atoms with Crippen molar-refractivity contribution < 1.29 is 9.53 Å². The molecule has 16 heavy (non-hydrogen) atoms. The second kappa shape index (κ2) is 6.73. The third-order valence-electron chi connectivity index (χ3n) is 1.88. The van der Waals surface area contributed by atoms with Crippen molar-refractivity contribution in [1.29, 1.82) is 0 Å². The number of nitrogens with zero attached hydrogens (tertiary/aromatic N) is 1. The van der Waals surface area contributed by atoms with Gasteiger partial charge in [-0.1, -0.05) is 11.6 Å². The van der Waals surface area contributed by atoms with Crippen LogP contribution in [0.2, 0.25) is 5.02 Å². The van der Waals surface area contributed by atoms with Gasteiger partial charge in [0, 0.05) is 11.9 Å². The number of thioether (sulfide) groups is 1. The van der Waals surface area contributed by atoms with Gasteiger partial charge in [-0.15, -0.1) is 11.8 Å². The number of aromatic nitrogens is 1. The van der Waals surface area contributed by atoms with Crippen LogP contribution in [-0.4, -0.2) is 29.9 Å². The van der Waals surface area contributed by atoms with Crippen LogP contribution in [0.25, 0.3) is 0 Å². The van der Waals surface area contributed by atoms with Crippen LogP contribution in [-0.2, 0) is 9.53 Å². The van der Waals surface area contributed by atoms with Crippen molar-refractivity contribution >= 4 is 29.3 Å². The maximum absolute atomic E-state index is 11.0. The molecule has 0 saturated heterocycles. The van der Waals surface area contributed by atoms with Crippen LogP contribution in [0.15, 0.2) is 23.4 Å². The van der Waals surface area contributed by atoms with E-state index >= 15 is 0 Å². The van der Waals surface area contributed by atoms with Gasteiger partial charge < -0.3 is 10.5 Å². The third kappa shape index (κ3) is 4.38. The van der Waals surface area contributed by atoms with Gasteiger partial charge in [-0.05, 0) is 18.6 Å². The first-order valence-corrected chi connectivity index (χ1v) is 6.07. The van der Waals surface area contributed by atoms with Crippen LogP contribution < -0.4 is 5.73 Å². The van der Waals surface area contributed by atoms with Crippen molar-refractivity contribution in [2.45, 2.75) is 17.5 Å². The van der Waals surface area contributed by atoms with Crippen LogP contribution in [0.5, 0.6) is 0 Å². The number of hydrogen-bond donors (Lipinski definition) is 1. The van der Waals surface area contributed by atoms with Gasteiger partial charge in [0.2, 0.25) is 0 Å². The SMILES string of the molecule is COC(=O)C(N)CCSc1ccc(Cl)cn1. The second-order valence-electron chi connectivity index (χ2n) is 3.08. The minimum atomic E-state index is -0.565. The highest BCUT2D eigenvalue weighted by Crippen LogP contribution is 2.18. The molecule has 2 N–H and O–H groups in total. The fourth-order valence-electron chi connectivity index (χ4n) is 1.01. The number of rotatable bonds is 5. The van der Waals surface area contributed by atoms with E-state index < -0.39 is 6.04 Å². The predicted molar refractivity (Wildman–Crippen MR) is 64.6 cm³/mol. The van der Waals surface area contributed by atoms with Crippen LogP contribution in [0, 0.1) is 0 Å². The van der Waals surface area contributed by atoms with E-state index in [9.17, 15) is 4.79 Å². The number of nitrogens with two attached hydrogens (primary N) is 1. The number of halogens is 1. The Bertz CT molecular complexity index is 345. The minimum Gasteiger partial charge on any atom is -0.468 e. The lowest BCUT2D eigenvalue weighted by Crippen LogP contribution is -2.31. The van der Waals surface area contributed by atoms with Crippen molar-refractivity contribution in [2.24, 2.45) is 5.73 Å². The summed E-state index contributed by atoms with van der Waals surface area (Å²) in [4.78, 5) is 15.1. The van der Waals surface area contributed by atoms with Crippen LogP contribution >= 0.6 is 23.4 Å². The minimum absolute atomic E-state index is 0.385. The van der Waals surface area contributed by atoms with Gasteiger partial charge in [-0.25, -0.2) is 4.98 Å². The summed E-state index contributed by atoms with van der Waals surface area (Å²) in [6, 6.07) is 3.04. The first kappa shape index (κ1) is 13.3. The molecule has 1 atom stereocenters. The molecule has 4 nitrogen and oxygen atoms in total. The topological polar surface area (TPSA) is 65.2 Å². The molecule has 0 aliphatic carbocycles. The number of methoxy groups -OCH3 is 1. The van der Waals surface area contributed by atoms with Gasteiger partial charge in [0.1, 0.15) is 6.04 Å². The molecule has 1 aromatic heterocycles. The van der Waals surface area contributed by atoms with Gasteiger partial charge in [0.05, 0.1) is 17.2 Å². The van der Waals surface area contributed by atoms with Gasteiger partial charge >= 0.3 is 5.97 Å². The molecule has 1 aromatic rings. The van der Waals surface area contributed by atoms with E-state index in [1.807, 2.05) is 6.07 Å². The molecule has 0 radical (unpaired) electrons. The summed E-state index contributed by atoms with van der Waals surface area (Å²) in [5.74, 6) is 0.329. The Kier molecular flexibility index (Phi) is 5.59. The zero-order valence-corrected chi connectivity index (χ0v) is 10.4. The maximum Gasteiger partial charge on any atom is 0.322 e. The highest BCUT2D eigenvalue weighted by Gasteiger charge is 2.12. The Hall–Kier alpha value is -0.780. The largest absolute Gasteiger partial charge is 0.468 e. The number of ether oxygens (including phenoxy) is 1. The van der Waals surface area contributed by atoms with Crippen molar-refractivity contribution in [3.63, 3.8) is 0 Å². The lowest BCUT2D eigenvalue weighted by Gasteiger charge is -2.08. The zero-order chi connectivity index (χ0) is 12.0. The summed E-state index contributed by atoms with van der Waals surface area (Å²) in [6.07, 6.45) is 2.14. The van der Waals surface area contributed by atoms with E-state index in [-0.39, 0.29) is 5.97 Å². The molecule has 0 aliphatic rings. The highest BCUT2D eigenvalue weighted by molar-refractivity contribution is 7.99. The summed E-state index contributed by atoms with van der Waals surface area (Å²) >= 11 is 7.23. The summed E-state index contributed by atoms with van der Waals surface area (Å²) in [5, 5.41) is 1.47. The summed E-state index contributed by atoms with van der Waals surface area (Å²) < 4.78 is 4.52. The smallest absolute Gasteiger partial charge is 0.322 e. The second-order valence-corrected chi connectivity index (χ2v) is 4.63. The van der Waals surface area contributed by atoms with Crippen molar-refractivity contribution in [3.8, 4) is 0 Å². The van der Waals surface area contributed by atoms with Crippen LogP contribution in [0.1, 0.15) is 6.42 Å². The molecule has 0 spiro atoms. The number of hydrogen-bond acceptors (Lipinski definition) is 5. The van der Waals surface area contributed by atoms with Gasteiger partial charge in [-0.2, -0.15) is 0 Å². The van der Waals surface area contributed by atoms with Gasteiger partial charge in [0.15, 0.2) is 0 Å². The summed E-state index contributed by atoms with van der Waals surface area (Å²) in [6.45, 7) is 0. The zero-order valence-electron chi connectivity index (χ0n) is 8.85. The lowest BCUT2D eigenvalue weighted by molar-refractivity contribution is -0.142.